The predicted molar refractivity (Wildman–Crippen MR) is 181 cm³/mol. The molecule has 0 saturated heterocycles. The van der Waals surface area contributed by atoms with Gasteiger partial charge in [-0.1, -0.05) is 115 Å². The van der Waals surface area contributed by atoms with Crippen LogP contribution in [0.15, 0.2) is 140 Å². The standard InChI is InChI=1S/C38H23N5S/c1-4-14-24(15-5-1)30-31-27-20-10-11-21-28(27)44-35(31)33-34(43-23-13-12-22-29(43)39-33)32(30)38-41-36(25-16-6-2-7-17-25)40-37(42-38)26-18-8-3-9-19-26/h1-23H. The highest BCUT2D eigenvalue weighted by molar-refractivity contribution is 7.26. The molecule has 0 aliphatic carbocycles. The molecular formula is C38H23N5S. The predicted octanol–water partition coefficient (Wildman–Crippen LogP) is 9.71. The van der Waals surface area contributed by atoms with Gasteiger partial charge in [0, 0.05) is 38.4 Å². The van der Waals surface area contributed by atoms with E-state index in [1.165, 1.54) is 15.5 Å². The van der Waals surface area contributed by atoms with Gasteiger partial charge in [0.05, 0.1) is 15.8 Å². The third-order valence-electron chi connectivity index (χ3n) is 8.06. The Balaban J connectivity index is 1.52. The number of aromatic nitrogens is 5. The van der Waals surface area contributed by atoms with Crippen molar-refractivity contribution in [2.45, 2.75) is 0 Å². The number of nitrogens with zero attached hydrogens (tertiary/aromatic N) is 5. The third kappa shape index (κ3) is 3.85. The van der Waals surface area contributed by atoms with Crippen LogP contribution < -0.4 is 0 Å². The Labute approximate surface area is 256 Å². The van der Waals surface area contributed by atoms with Crippen LogP contribution in [0.2, 0.25) is 0 Å². The van der Waals surface area contributed by atoms with E-state index in [9.17, 15) is 0 Å². The van der Waals surface area contributed by atoms with Gasteiger partial charge in [0.1, 0.15) is 11.2 Å². The molecular weight excluding hydrogens is 559 g/mol. The summed E-state index contributed by atoms with van der Waals surface area (Å²) in [5, 5.41) is 2.37. The maximum absolute atomic E-state index is 5.23. The van der Waals surface area contributed by atoms with Crippen LogP contribution in [0.3, 0.4) is 0 Å². The number of rotatable bonds is 4. The second-order valence-electron chi connectivity index (χ2n) is 10.7. The first-order valence-corrected chi connectivity index (χ1v) is 15.3. The first-order valence-electron chi connectivity index (χ1n) is 14.5. The Morgan fingerprint density at radius 1 is 0.477 bits per heavy atom. The van der Waals surface area contributed by atoms with Crippen molar-refractivity contribution in [2.24, 2.45) is 0 Å². The smallest absolute Gasteiger partial charge is 0.166 e. The molecule has 5 aromatic carbocycles. The summed E-state index contributed by atoms with van der Waals surface area (Å²) in [5.74, 6) is 1.88. The highest BCUT2D eigenvalue weighted by Gasteiger charge is 2.27. The summed E-state index contributed by atoms with van der Waals surface area (Å²) < 4.78 is 4.56. The molecule has 0 N–H and O–H groups in total. The molecule has 0 fully saturated rings. The summed E-state index contributed by atoms with van der Waals surface area (Å²) in [6.07, 6.45) is 2.08. The fourth-order valence-corrected chi connectivity index (χ4v) is 7.33. The first-order chi connectivity index (χ1) is 21.8. The lowest BCUT2D eigenvalue weighted by Gasteiger charge is -2.15. The van der Waals surface area contributed by atoms with Gasteiger partial charge in [0.15, 0.2) is 17.5 Å². The van der Waals surface area contributed by atoms with E-state index in [1.54, 1.807) is 11.3 Å². The fourth-order valence-electron chi connectivity index (χ4n) is 6.13. The van der Waals surface area contributed by atoms with Crippen LogP contribution >= 0.6 is 11.3 Å². The zero-order valence-corrected chi connectivity index (χ0v) is 24.2. The minimum absolute atomic E-state index is 0.615. The number of pyridine rings is 1. The van der Waals surface area contributed by atoms with Crippen LogP contribution in [0.25, 0.3) is 82.1 Å². The van der Waals surface area contributed by atoms with E-state index in [4.69, 9.17) is 19.9 Å². The Morgan fingerprint density at radius 2 is 1.05 bits per heavy atom. The lowest BCUT2D eigenvalue weighted by atomic mass is 9.92. The van der Waals surface area contributed by atoms with Crippen molar-refractivity contribution in [2.75, 3.05) is 0 Å². The molecule has 44 heavy (non-hydrogen) atoms. The van der Waals surface area contributed by atoms with Crippen LogP contribution in [0.1, 0.15) is 0 Å². The van der Waals surface area contributed by atoms with Gasteiger partial charge in [-0.25, -0.2) is 19.9 Å². The molecule has 0 unspecified atom stereocenters. The molecule has 0 amide bonds. The molecule has 9 aromatic rings. The Morgan fingerprint density at radius 3 is 1.73 bits per heavy atom. The van der Waals surface area contributed by atoms with Crippen LogP contribution in [0.4, 0.5) is 0 Å². The Hall–Kier alpha value is -5.72. The van der Waals surface area contributed by atoms with E-state index in [2.05, 4.69) is 71.3 Å². The highest BCUT2D eigenvalue weighted by Crippen LogP contribution is 2.49. The molecule has 4 heterocycles. The van der Waals surface area contributed by atoms with E-state index in [0.717, 1.165) is 49.2 Å². The average molecular weight is 582 g/mol. The minimum atomic E-state index is 0.615. The Kier molecular flexibility index (Phi) is 5.61. The van der Waals surface area contributed by atoms with Gasteiger partial charge in [-0.2, -0.15) is 0 Å². The molecule has 0 saturated carbocycles. The molecule has 6 heteroatoms. The summed E-state index contributed by atoms with van der Waals surface area (Å²) in [4.78, 5) is 20.7. The fraction of sp³-hybridized carbons (Fsp3) is 0. The van der Waals surface area contributed by atoms with Crippen LogP contribution in [0.5, 0.6) is 0 Å². The van der Waals surface area contributed by atoms with Crippen LogP contribution in [-0.2, 0) is 0 Å². The van der Waals surface area contributed by atoms with Gasteiger partial charge in [-0.05, 0) is 23.8 Å². The largest absolute Gasteiger partial charge is 0.299 e. The summed E-state index contributed by atoms with van der Waals surface area (Å²) in [5.41, 5.74) is 7.84. The van der Waals surface area contributed by atoms with Gasteiger partial charge in [-0.15, -0.1) is 11.3 Å². The highest BCUT2D eigenvalue weighted by atomic mass is 32.1. The first kappa shape index (κ1) is 24.8. The van der Waals surface area contributed by atoms with Crippen molar-refractivity contribution >= 4 is 48.2 Å². The van der Waals surface area contributed by atoms with Crippen molar-refractivity contribution in [1.29, 1.82) is 0 Å². The van der Waals surface area contributed by atoms with Crippen LogP contribution in [0, 0.1) is 0 Å². The van der Waals surface area contributed by atoms with Crippen molar-refractivity contribution in [3.05, 3.63) is 140 Å². The molecule has 0 radical (unpaired) electrons. The van der Waals surface area contributed by atoms with E-state index in [-0.39, 0.29) is 0 Å². The van der Waals surface area contributed by atoms with Gasteiger partial charge in [0.2, 0.25) is 0 Å². The van der Waals surface area contributed by atoms with Crippen molar-refractivity contribution in [3.63, 3.8) is 0 Å². The second-order valence-corrected chi connectivity index (χ2v) is 11.7. The van der Waals surface area contributed by atoms with Gasteiger partial charge in [0.25, 0.3) is 0 Å². The van der Waals surface area contributed by atoms with Gasteiger partial charge < -0.3 is 0 Å². The Bertz CT molecular complexity index is 2430. The maximum atomic E-state index is 5.23. The normalized spacial score (nSPS) is 11.6. The SMILES string of the molecule is c1ccc(-c2nc(-c3ccccc3)nc(-c3c(-c4ccccc4)c4c5ccccc5sc4c4nc5ccccn5c34)n2)cc1. The van der Waals surface area contributed by atoms with Crippen LogP contribution in [-0.4, -0.2) is 24.3 Å². The molecule has 0 spiro atoms. The van der Waals surface area contributed by atoms with Crippen molar-refractivity contribution in [3.8, 4) is 45.3 Å². The van der Waals surface area contributed by atoms with E-state index < -0.39 is 0 Å². The number of thiophene rings is 1. The molecule has 0 aliphatic heterocycles. The van der Waals surface area contributed by atoms with E-state index in [0.29, 0.717) is 17.5 Å². The molecule has 5 nitrogen and oxygen atoms in total. The summed E-state index contributed by atoms with van der Waals surface area (Å²) in [6, 6.07) is 45.6. The third-order valence-corrected chi connectivity index (χ3v) is 9.24. The topological polar surface area (TPSA) is 56.0 Å². The lowest BCUT2D eigenvalue weighted by molar-refractivity contribution is 1.07. The molecule has 0 aliphatic rings. The lowest BCUT2D eigenvalue weighted by Crippen LogP contribution is -2.02. The van der Waals surface area contributed by atoms with E-state index in [1.807, 2.05) is 72.8 Å². The number of fused-ring (bicyclic) bond motifs is 7. The average Bonchev–Trinajstić information content (AvgIpc) is 3.68. The van der Waals surface area contributed by atoms with Crippen molar-refractivity contribution in [1.82, 2.24) is 24.3 Å². The number of benzene rings is 5. The van der Waals surface area contributed by atoms with Gasteiger partial charge >= 0.3 is 0 Å². The quantitative estimate of drug-likeness (QED) is 0.208. The van der Waals surface area contributed by atoms with E-state index >= 15 is 0 Å². The minimum Gasteiger partial charge on any atom is -0.299 e. The van der Waals surface area contributed by atoms with Gasteiger partial charge in [-0.3, -0.25) is 4.40 Å². The molecule has 0 atom stereocenters. The monoisotopic (exact) mass is 581 g/mol. The zero-order chi connectivity index (χ0) is 29.0. The molecule has 206 valence electrons. The number of imidazole rings is 1. The van der Waals surface area contributed by atoms with Crippen molar-refractivity contribution < 1.29 is 0 Å². The molecule has 4 aromatic heterocycles. The maximum Gasteiger partial charge on any atom is 0.166 e. The molecule has 9 rings (SSSR count). The number of hydrogen-bond acceptors (Lipinski definition) is 5. The summed E-state index contributed by atoms with van der Waals surface area (Å²) in [7, 11) is 0. The second kappa shape index (κ2) is 9.93. The molecule has 0 bridgehead atoms. The zero-order valence-electron chi connectivity index (χ0n) is 23.4. The summed E-state index contributed by atoms with van der Waals surface area (Å²) >= 11 is 1.79. The number of hydrogen-bond donors (Lipinski definition) is 0. The summed E-state index contributed by atoms with van der Waals surface area (Å²) in [6.45, 7) is 0.